The number of aromatic nitrogens is 2. The Labute approximate surface area is 121 Å². The smallest absolute Gasteiger partial charge is 0.307 e. The maximum absolute atomic E-state index is 12.0. The van der Waals surface area contributed by atoms with Crippen LogP contribution in [0.2, 0.25) is 0 Å². The van der Waals surface area contributed by atoms with Gasteiger partial charge in [0.2, 0.25) is 5.91 Å². The first-order valence-electron chi connectivity index (χ1n) is 6.40. The highest BCUT2D eigenvalue weighted by Crippen LogP contribution is 2.12. The number of likely N-dealkylation sites (N-methyl/N-ethyl adjacent to an activating group) is 1. The van der Waals surface area contributed by atoms with Crippen molar-refractivity contribution in [2.45, 2.75) is 19.8 Å². The van der Waals surface area contributed by atoms with E-state index in [2.05, 4.69) is 4.98 Å². The summed E-state index contributed by atoms with van der Waals surface area (Å²) in [5.41, 5.74) is 0.741. The fraction of sp³-hybridized carbons (Fsp3) is 0.462. The third kappa shape index (κ3) is 3.57. The van der Waals surface area contributed by atoms with Gasteiger partial charge in [0.15, 0.2) is 4.96 Å². The Hall–Kier alpha value is -1.89. The second-order valence-corrected chi connectivity index (χ2v) is 5.25. The van der Waals surface area contributed by atoms with Gasteiger partial charge in [-0.3, -0.25) is 14.0 Å². The van der Waals surface area contributed by atoms with Crippen molar-refractivity contribution in [2.24, 2.45) is 0 Å². The molecule has 2 heterocycles. The standard InChI is InChI=1S/C13H17N3O3S/c1-3-19-12(18)4-5-15(2)11(17)8-10-9-16-6-7-20-13(16)14-10/h6-7,9H,3-5,8H2,1-2H3. The average molecular weight is 295 g/mol. The van der Waals surface area contributed by atoms with Crippen LogP contribution >= 0.6 is 11.3 Å². The van der Waals surface area contributed by atoms with Gasteiger partial charge in [-0.2, -0.15) is 0 Å². The number of carbonyl (C=O) groups excluding carboxylic acids is 2. The molecule has 0 N–H and O–H groups in total. The number of carbonyl (C=O) groups is 2. The van der Waals surface area contributed by atoms with E-state index in [1.54, 1.807) is 14.0 Å². The Balaban J connectivity index is 1.84. The molecule has 0 saturated heterocycles. The molecule has 0 saturated carbocycles. The average Bonchev–Trinajstić information content (AvgIpc) is 2.97. The lowest BCUT2D eigenvalue weighted by atomic mass is 10.3. The molecule has 1 amide bonds. The van der Waals surface area contributed by atoms with E-state index in [4.69, 9.17) is 4.74 Å². The maximum Gasteiger partial charge on any atom is 0.307 e. The van der Waals surface area contributed by atoms with Crippen molar-refractivity contribution in [3.8, 4) is 0 Å². The third-order valence-corrected chi connectivity index (χ3v) is 3.63. The van der Waals surface area contributed by atoms with Gasteiger partial charge < -0.3 is 9.64 Å². The molecule has 0 spiro atoms. The number of ether oxygens (including phenoxy) is 1. The minimum Gasteiger partial charge on any atom is -0.466 e. The molecule has 7 heteroatoms. The van der Waals surface area contributed by atoms with Crippen molar-refractivity contribution in [1.29, 1.82) is 0 Å². The van der Waals surface area contributed by atoms with Crippen LogP contribution in [0.1, 0.15) is 19.0 Å². The summed E-state index contributed by atoms with van der Waals surface area (Å²) in [5, 5.41) is 1.94. The lowest BCUT2D eigenvalue weighted by molar-refractivity contribution is -0.143. The second-order valence-electron chi connectivity index (χ2n) is 4.37. The Kier molecular flexibility index (Phi) is 4.73. The lowest BCUT2D eigenvalue weighted by Crippen LogP contribution is -2.30. The summed E-state index contributed by atoms with van der Waals surface area (Å²) in [7, 11) is 1.68. The Bertz CT molecular complexity index is 576. The number of nitrogens with zero attached hydrogens (tertiary/aromatic N) is 3. The Morgan fingerprint density at radius 2 is 2.30 bits per heavy atom. The number of fused-ring (bicyclic) bond motifs is 1. The fourth-order valence-corrected chi connectivity index (χ4v) is 2.49. The van der Waals surface area contributed by atoms with Crippen LogP contribution in [0.15, 0.2) is 17.8 Å². The maximum atomic E-state index is 12.0. The molecular formula is C13H17N3O3S. The zero-order chi connectivity index (χ0) is 14.5. The van der Waals surface area contributed by atoms with E-state index < -0.39 is 0 Å². The molecule has 20 heavy (non-hydrogen) atoms. The number of esters is 1. The van der Waals surface area contributed by atoms with Crippen molar-refractivity contribution in [2.75, 3.05) is 20.2 Å². The fourth-order valence-electron chi connectivity index (χ4n) is 1.77. The minimum atomic E-state index is -0.283. The van der Waals surface area contributed by atoms with Crippen LogP contribution in [0.3, 0.4) is 0 Å². The van der Waals surface area contributed by atoms with E-state index in [0.29, 0.717) is 13.2 Å². The lowest BCUT2D eigenvalue weighted by Gasteiger charge is -2.15. The number of rotatable bonds is 6. The molecule has 2 aromatic heterocycles. The summed E-state index contributed by atoms with van der Waals surface area (Å²) < 4.78 is 6.72. The molecule has 2 aromatic rings. The highest BCUT2D eigenvalue weighted by molar-refractivity contribution is 7.15. The van der Waals surface area contributed by atoms with Crippen molar-refractivity contribution in [1.82, 2.24) is 14.3 Å². The first-order chi connectivity index (χ1) is 9.60. The molecule has 0 fully saturated rings. The van der Waals surface area contributed by atoms with Gasteiger partial charge in [0, 0.05) is 31.4 Å². The molecule has 0 aliphatic heterocycles. The van der Waals surface area contributed by atoms with E-state index in [1.165, 1.54) is 16.2 Å². The summed E-state index contributed by atoms with van der Waals surface area (Å²) >= 11 is 1.53. The quantitative estimate of drug-likeness (QED) is 0.755. The molecule has 0 radical (unpaired) electrons. The zero-order valence-electron chi connectivity index (χ0n) is 11.5. The molecular weight excluding hydrogens is 278 g/mol. The van der Waals surface area contributed by atoms with E-state index in [0.717, 1.165) is 10.7 Å². The summed E-state index contributed by atoms with van der Waals surface area (Å²) in [6.07, 6.45) is 4.22. The number of imidazole rings is 1. The zero-order valence-corrected chi connectivity index (χ0v) is 12.4. The largest absolute Gasteiger partial charge is 0.466 e. The molecule has 6 nitrogen and oxygen atoms in total. The van der Waals surface area contributed by atoms with Crippen LogP contribution in [0.5, 0.6) is 0 Å². The summed E-state index contributed by atoms with van der Waals surface area (Å²) in [6, 6.07) is 0. The van der Waals surface area contributed by atoms with E-state index >= 15 is 0 Å². The predicted octanol–water partition coefficient (Wildman–Crippen LogP) is 1.35. The molecule has 0 aliphatic carbocycles. The predicted molar refractivity (Wildman–Crippen MR) is 75.7 cm³/mol. The van der Waals surface area contributed by atoms with Crippen LogP contribution in [0, 0.1) is 0 Å². The molecule has 108 valence electrons. The highest BCUT2D eigenvalue weighted by atomic mass is 32.1. The van der Waals surface area contributed by atoms with Gasteiger partial charge >= 0.3 is 5.97 Å². The SMILES string of the molecule is CCOC(=O)CCN(C)C(=O)Cc1cn2ccsc2n1. The van der Waals surface area contributed by atoms with E-state index in [1.807, 2.05) is 22.2 Å². The molecule has 0 aromatic carbocycles. The minimum absolute atomic E-state index is 0.0555. The van der Waals surface area contributed by atoms with Gasteiger partial charge in [0.1, 0.15) is 0 Å². The van der Waals surface area contributed by atoms with Crippen LogP contribution < -0.4 is 0 Å². The van der Waals surface area contributed by atoms with Gasteiger partial charge in [0.25, 0.3) is 0 Å². The number of hydrogen-bond donors (Lipinski definition) is 0. The third-order valence-electron chi connectivity index (χ3n) is 2.86. The molecule has 2 rings (SSSR count). The molecule has 0 unspecified atom stereocenters. The normalized spacial score (nSPS) is 10.7. The first kappa shape index (κ1) is 14.5. The van der Waals surface area contributed by atoms with Gasteiger partial charge in [-0.25, -0.2) is 4.98 Å². The summed E-state index contributed by atoms with van der Waals surface area (Å²) in [5.74, 6) is -0.338. The van der Waals surface area contributed by atoms with Crippen LogP contribution in [-0.4, -0.2) is 46.4 Å². The van der Waals surface area contributed by atoms with Gasteiger partial charge in [-0.15, -0.1) is 11.3 Å². The Morgan fingerprint density at radius 3 is 3.00 bits per heavy atom. The van der Waals surface area contributed by atoms with Crippen molar-refractivity contribution in [3.63, 3.8) is 0 Å². The highest BCUT2D eigenvalue weighted by Gasteiger charge is 2.14. The van der Waals surface area contributed by atoms with E-state index in [-0.39, 0.29) is 24.7 Å². The molecule has 0 bridgehead atoms. The van der Waals surface area contributed by atoms with Crippen molar-refractivity contribution in [3.05, 3.63) is 23.5 Å². The van der Waals surface area contributed by atoms with Crippen molar-refractivity contribution >= 4 is 28.2 Å². The first-order valence-corrected chi connectivity index (χ1v) is 7.28. The van der Waals surface area contributed by atoms with Gasteiger partial charge in [0.05, 0.1) is 25.1 Å². The summed E-state index contributed by atoms with van der Waals surface area (Å²) in [4.78, 5) is 30.0. The molecule has 0 atom stereocenters. The number of amides is 1. The van der Waals surface area contributed by atoms with Gasteiger partial charge in [-0.05, 0) is 6.92 Å². The second kappa shape index (κ2) is 6.51. The van der Waals surface area contributed by atoms with Gasteiger partial charge in [-0.1, -0.05) is 0 Å². The topological polar surface area (TPSA) is 63.9 Å². The monoisotopic (exact) mass is 295 g/mol. The van der Waals surface area contributed by atoms with Crippen LogP contribution in [0.25, 0.3) is 4.96 Å². The molecule has 0 aliphatic rings. The number of hydrogen-bond acceptors (Lipinski definition) is 5. The number of thiazole rings is 1. The Morgan fingerprint density at radius 1 is 1.50 bits per heavy atom. The van der Waals surface area contributed by atoms with Crippen LogP contribution in [0.4, 0.5) is 0 Å². The van der Waals surface area contributed by atoms with Crippen molar-refractivity contribution < 1.29 is 14.3 Å². The summed E-state index contributed by atoms with van der Waals surface area (Å²) in [6.45, 7) is 2.49. The van der Waals surface area contributed by atoms with E-state index in [9.17, 15) is 9.59 Å². The van der Waals surface area contributed by atoms with Crippen LogP contribution in [-0.2, 0) is 20.7 Å².